The highest BCUT2D eigenvalue weighted by molar-refractivity contribution is 7.99. The van der Waals surface area contributed by atoms with Gasteiger partial charge in [-0.3, -0.25) is 9.69 Å². The van der Waals surface area contributed by atoms with Crippen LogP contribution in [0.1, 0.15) is 18.9 Å². The lowest BCUT2D eigenvalue weighted by Crippen LogP contribution is -2.47. The number of carbonyl (C=O) groups is 1. The molecule has 2 aliphatic heterocycles. The van der Waals surface area contributed by atoms with Gasteiger partial charge in [0.2, 0.25) is 0 Å². The van der Waals surface area contributed by atoms with Gasteiger partial charge in [0.25, 0.3) is 0 Å². The van der Waals surface area contributed by atoms with E-state index in [1.54, 1.807) is 13.0 Å². The Kier molecular flexibility index (Phi) is 10.1. The molecular weight excluding hydrogens is 625 g/mol. The van der Waals surface area contributed by atoms with Crippen molar-refractivity contribution in [1.82, 2.24) is 9.80 Å². The van der Waals surface area contributed by atoms with E-state index in [0.29, 0.717) is 36.8 Å². The molecule has 6 rings (SSSR count). The normalized spacial score (nSPS) is 16.0. The first-order chi connectivity index (χ1) is 22.7. The average Bonchev–Trinajstić information content (AvgIpc) is 3.07. The van der Waals surface area contributed by atoms with Crippen LogP contribution in [0.5, 0.6) is 5.75 Å². The Hall–Kier alpha value is -3.93. The molecule has 0 amide bonds. The Morgan fingerprint density at radius 3 is 2.40 bits per heavy atom. The number of alkyl halides is 3. The first-order valence-electron chi connectivity index (χ1n) is 15.9. The van der Waals surface area contributed by atoms with E-state index in [9.17, 15) is 18.0 Å². The lowest BCUT2D eigenvalue weighted by atomic mass is 10.1. The van der Waals surface area contributed by atoms with Crippen LogP contribution in [-0.4, -0.2) is 74.8 Å². The van der Waals surface area contributed by atoms with Gasteiger partial charge in [-0.1, -0.05) is 42.1 Å². The number of hydrogen-bond acceptors (Lipinski definition) is 8. The van der Waals surface area contributed by atoms with E-state index in [-0.39, 0.29) is 12.6 Å². The fourth-order valence-corrected chi connectivity index (χ4v) is 7.08. The van der Waals surface area contributed by atoms with Gasteiger partial charge in [-0.25, -0.2) is 0 Å². The van der Waals surface area contributed by atoms with Crippen molar-refractivity contribution in [1.29, 1.82) is 0 Å². The van der Waals surface area contributed by atoms with Gasteiger partial charge < -0.3 is 25.0 Å². The fraction of sp³-hybridized carbons (Fsp3) is 0.361. The Morgan fingerprint density at radius 2 is 1.62 bits per heavy atom. The van der Waals surface area contributed by atoms with Gasteiger partial charge in [-0.15, -0.1) is 0 Å². The molecule has 2 aliphatic rings. The number of hydrogen-bond donors (Lipinski definition) is 1. The van der Waals surface area contributed by atoms with Crippen LogP contribution < -0.4 is 15.4 Å². The van der Waals surface area contributed by atoms with Gasteiger partial charge in [-0.05, 0) is 73.8 Å². The van der Waals surface area contributed by atoms with Crippen LogP contribution in [0.15, 0.2) is 88.7 Å². The Morgan fingerprint density at radius 1 is 0.872 bits per heavy atom. The van der Waals surface area contributed by atoms with Gasteiger partial charge in [0.15, 0.2) is 0 Å². The maximum atomic E-state index is 13.5. The number of carbonyl (C=O) groups excluding carboxylic acids is 1. The highest BCUT2D eigenvalue weighted by Crippen LogP contribution is 2.49. The number of piperazine rings is 1. The second-order valence-corrected chi connectivity index (χ2v) is 13.1. The van der Waals surface area contributed by atoms with E-state index in [4.69, 9.17) is 15.2 Å². The maximum absolute atomic E-state index is 13.5. The van der Waals surface area contributed by atoms with Crippen LogP contribution in [0.3, 0.4) is 0 Å². The summed E-state index contributed by atoms with van der Waals surface area (Å²) in [5.74, 6) is -0.0354. The predicted molar refractivity (Wildman–Crippen MR) is 180 cm³/mol. The quantitative estimate of drug-likeness (QED) is 0.132. The van der Waals surface area contributed by atoms with Crippen molar-refractivity contribution in [2.45, 2.75) is 29.3 Å². The van der Waals surface area contributed by atoms with Gasteiger partial charge in [-0.2, -0.15) is 13.2 Å². The standard InChI is InChI=1S/C36H39F3N4O3S/c1-25(24-46-28-12-10-26-6-4-7-30(40)29(26)23-28)35(44)45-21-20-42-18-16-41(17-19-42)14-5-15-43-31-8-2-3-9-33(31)47-34-13-11-27(22-32(34)43)36(37,38)39/h2-4,6-13,22-23,25H,5,14-21,24,40H2,1H3. The molecule has 1 unspecified atom stereocenters. The molecule has 0 aliphatic carbocycles. The average molecular weight is 665 g/mol. The van der Waals surface area contributed by atoms with E-state index in [0.717, 1.165) is 71.5 Å². The number of para-hydroxylation sites is 1. The first kappa shape index (κ1) is 33.0. The Bertz CT molecular complexity index is 1710. The number of ether oxygens (including phenoxy) is 2. The van der Waals surface area contributed by atoms with Gasteiger partial charge in [0, 0.05) is 60.1 Å². The SMILES string of the molecule is CC(COc1ccc2cccc(N)c2c1)C(=O)OCCN1CCN(CCCN2c3ccccc3Sc3ccc(C(F)(F)F)cc32)CC1. The van der Waals surface area contributed by atoms with E-state index in [1.165, 1.54) is 17.8 Å². The molecule has 11 heteroatoms. The minimum absolute atomic E-state index is 0.215. The lowest BCUT2D eigenvalue weighted by molar-refractivity contribution is -0.149. The third-order valence-electron chi connectivity index (χ3n) is 8.72. The number of esters is 1. The van der Waals surface area contributed by atoms with Crippen molar-refractivity contribution < 1.29 is 27.4 Å². The molecule has 4 aromatic carbocycles. The van der Waals surface area contributed by atoms with Crippen molar-refractivity contribution in [3.63, 3.8) is 0 Å². The van der Waals surface area contributed by atoms with E-state index in [2.05, 4.69) is 9.80 Å². The van der Waals surface area contributed by atoms with Crippen molar-refractivity contribution in [3.05, 3.63) is 84.4 Å². The number of anilines is 3. The van der Waals surface area contributed by atoms with Crippen LogP contribution in [0.4, 0.5) is 30.2 Å². The van der Waals surface area contributed by atoms with Crippen molar-refractivity contribution in [3.8, 4) is 5.75 Å². The van der Waals surface area contributed by atoms with Gasteiger partial charge in [0.1, 0.15) is 19.0 Å². The molecule has 1 fully saturated rings. The van der Waals surface area contributed by atoms with Gasteiger partial charge in [0.05, 0.1) is 22.9 Å². The summed E-state index contributed by atoms with van der Waals surface area (Å²) in [6.45, 7) is 7.97. The molecule has 0 radical (unpaired) electrons. The minimum atomic E-state index is -4.39. The zero-order valence-electron chi connectivity index (χ0n) is 26.3. The molecule has 0 aromatic heterocycles. The summed E-state index contributed by atoms with van der Waals surface area (Å²) in [5, 5.41) is 1.95. The summed E-state index contributed by atoms with van der Waals surface area (Å²) in [5.41, 5.74) is 7.70. The van der Waals surface area contributed by atoms with Crippen molar-refractivity contribution in [2.75, 3.05) is 69.7 Å². The number of nitrogen functional groups attached to an aromatic ring is 1. The molecule has 2 heterocycles. The summed E-state index contributed by atoms with van der Waals surface area (Å²) >= 11 is 1.51. The molecule has 2 N–H and O–H groups in total. The summed E-state index contributed by atoms with van der Waals surface area (Å²) in [6.07, 6.45) is -3.57. The number of fused-ring (bicyclic) bond motifs is 3. The number of halogens is 3. The molecule has 7 nitrogen and oxygen atoms in total. The minimum Gasteiger partial charge on any atom is -0.493 e. The van der Waals surface area contributed by atoms with Gasteiger partial charge >= 0.3 is 12.1 Å². The molecule has 47 heavy (non-hydrogen) atoms. The molecule has 1 saturated heterocycles. The fourth-order valence-electron chi connectivity index (χ4n) is 6.01. The molecule has 0 saturated carbocycles. The van der Waals surface area contributed by atoms with Crippen LogP contribution in [0.2, 0.25) is 0 Å². The largest absolute Gasteiger partial charge is 0.493 e. The predicted octanol–water partition coefficient (Wildman–Crippen LogP) is 7.31. The Balaban J connectivity index is 0.920. The van der Waals surface area contributed by atoms with Crippen molar-refractivity contribution in [2.24, 2.45) is 5.92 Å². The van der Waals surface area contributed by atoms with Crippen LogP contribution in [-0.2, 0) is 15.7 Å². The third kappa shape index (κ3) is 7.97. The molecular formula is C36H39F3N4O3S. The van der Waals surface area contributed by atoms with Crippen LogP contribution in [0.25, 0.3) is 10.8 Å². The topological polar surface area (TPSA) is 71.3 Å². The summed E-state index contributed by atoms with van der Waals surface area (Å²) in [4.78, 5) is 21.2. The second-order valence-electron chi connectivity index (χ2n) is 12.0. The van der Waals surface area contributed by atoms with E-state index in [1.807, 2.05) is 65.6 Å². The highest BCUT2D eigenvalue weighted by Gasteiger charge is 2.33. The van der Waals surface area contributed by atoms with Crippen molar-refractivity contribution >= 4 is 45.6 Å². The zero-order valence-corrected chi connectivity index (χ0v) is 27.2. The maximum Gasteiger partial charge on any atom is 0.416 e. The Labute approximate surface area is 277 Å². The number of benzene rings is 4. The molecule has 0 bridgehead atoms. The van der Waals surface area contributed by atoms with Crippen LogP contribution >= 0.6 is 11.8 Å². The molecule has 0 spiro atoms. The van der Waals surface area contributed by atoms with E-state index >= 15 is 0 Å². The number of nitrogens with zero attached hydrogens (tertiary/aromatic N) is 3. The van der Waals surface area contributed by atoms with E-state index < -0.39 is 17.7 Å². The lowest BCUT2D eigenvalue weighted by Gasteiger charge is -2.36. The summed E-state index contributed by atoms with van der Waals surface area (Å²) in [7, 11) is 0. The first-order valence-corrected chi connectivity index (χ1v) is 16.8. The highest BCUT2D eigenvalue weighted by atomic mass is 32.2. The number of rotatable bonds is 11. The molecule has 1 atom stereocenters. The second kappa shape index (κ2) is 14.5. The zero-order chi connectivity index (χ0) is 33.0. The number of nitrogens with two attached hydrogens (primary N) is 1. The molecule has 4 aromatic rings. The molecule has 248 valence electrons. The van der Waals surface area contributed by atoms with Crippen LogP contribution in [0, 0.1) is 5.92 Å². The third-order valence-corrected chi connectivity index (χ3v) is 9.85. The summed E-state index contributed by atoms with van der Waals surface area (Å²) < 4.78 is 52.0. The smallest absolute Gasteiger partial charge is 0.416 e. The summed E-state index contributed by atoms with van der Waals surface area (Å²) in [6, 6.07) is 23.4. The monoisotopic (exact) mass is 664 g/mol.